The number of fused-ring (bicyclic) bond motifs is 1. The van der Waals surface area contributed by atoms with E-state index >= 15 is 0 Å². The average molecular weight is 449 g/mol. The van der Waals surface area contributed by atoms with Gasteiger partial charge in [-0.2, -0.15) is 0 Å². The fourth-order valence-electron chi connectivity index (χ4n) is 4.22. The highest BCUT2D eigenvalue weighted by Crippen LogP contribution is 2.40. The van der Waals surface area contributed by atoms with Crippen LogP contribution in [0.3, 0.4) is 0 Å². The van der Waals surface area contributed by atoms with Crippen LogP contribution in [0.1, 0.15) is 44.1 Å². The zero-order chi connectivity index (χ0) is 22.7. The molecule has 166 valence electrons. The molecule has 0 aliphatic heterocycles. The molecule has 6 heteroatoms. The minimum absolute atomic E-state index is 0.0514. The van der Waals surface area contributed by atoms with Gasteiger partial charge in [-0.15, -0.1) is 11.3 Å². The molecule has 0 saturated carbocycles. The van der Waals surface area contributed by atoms with Crippen LogP contribution in [0.25, 0.3) is 10.9 Å². The molecule has 0 spiro atoms. The second-order valence-electron chi connectivity index (χ2n) is 7.71. The fraction of sp³-hybridized carbons (Fsp3) is 0.269. The Morgan fingerprint density at radius 2 is 1.91 bits per heavy atom. The lowest BCUT2D eigenvalue weighted by atomic mass is 9.89. The van der Waals surface area contributed by atoms with E-state index in [1.54, 1.807) is 25.6 Å². The molecule has 2 aromatic heterocycles. The maximum atomic E-state index is 13.0. The lowest BCUT2D eigenvalue weighted by molar-refractivity contribution is 0.0956. The van der Waals surface area contributed by atoms with Gasteiger partial charge in [0.25, 0.3) is 5.91 Å². The summed E-state index contributed by atoms with van der Waals surface area (Å²) in [5.74, 6) is 1.18. The minimum Gasteiger partial charge on any atom is -0.493 e. The fourth-order valence-corrected chi connectivity index (χ4v) is 5.25. The van der Waals surface area contributed by atoms with Gasteiger partial charge in [-0.1, -0.05) is 37.3 Å². The van der Waals surface area contributed by atoms with Crippen LogP contribution in [0.5, 0.6) is 11.5 Å². The molecule has 1 atom stereocenters. The molecule has 4 rings (SSSR count). The van der Waals surface area contributed by atoms with Crippen LogP contribution < -0.4 is 14.8 Å². The van der Waals surface area contributed by atoms with Crippen molar-refractivity contribution >= 4 is 28.1 Å². The summed E-state index contributed by atoms with van der Waals surface area (Å²) in [7, 11) is 3.28. The Bertz CT molecular complexity index is 1240. The van der Waals surface area contributed by atoms with Crippen molar-refractivity contribution in [3.63, 3.8) is 0 Å². The second-order valence-corrected chi connectivity index (χ2v) is 8.84. The molecule has 0 bridgehead atoms. The summed E-state index contributed by atoms with van der Waals surface area (Å²) in [6.45, 7) is 4.60. The Balaban J connectivity index is 1.72. The Morgan fingerprint density at radius 1 is 1.09 bits per heavy atom. The maximum Gasteiger partial charge on any atom is 0.261 e. The molecule has 5 nitrogen and oxygen atoms in total. The van der Waals surface area contributed by atoms with Crippen LogP contribution in [0.15, 0.2) is 54.7 Å². The Morgan fingerprint density at radius 3 is 2.62 bits per heavy atom. The van der Waals surface area contributed by atoms with E-state index in [1.165, 1.54) is 10.4 Å². The summed E-state index contributed by atoms with van der Waals surface area (Å²) in [5, 5.41) is 4.29. The molecular weight excluding hydrogens is 420 g/mol. The molecule has 1 amide bonds. The number of aryl methyl sites for hydroxylation is 2. The van der Waals surface area contributed by atoms with Crippen LogP contribution in [-0.2, 0) is 6.42 Å². The number of aromatic nitrogens is 1. The van der Waals surface area contributed by atoms with Gasteiger partial charge in [0.1, 0.15) is 0 Å². The van der Waals surface area contributed by atoms with Crippen LogP contribution in [0.4, 0.5) is 0 Å². The van der Waals surface area contributed by atoms with Crippen LogP contribution in [-0.4, -0.2) is 31.7 Å². The van der Waals surface area contributed by atoms with Crippen molar-refractivity contribution in [3.8, 4) is 11.5 Å². The van der Waals surface area contributed by atoms with Gasteiger partial charge in [-0.05, 0) is 42.7 Å². The lowest BCUT2D eigenvalue weighted by Crippen LogP contribution is -2.28. The highest BCUT2D eigenvalue weighted by atomic mass is 32.1. The van der Waals surface area contributed by atoms with Crippen molar-refractivity contribution in [2.24, 2.45) is 0 Å². The number of ether oxygens (including phenoxy) is 2. The Kier molecular flexibility index (Phi) is 6.51. The van der Waals surface area contributed by atoms with E-state index in [9.17, 15) is 4.79 Å². The number of carbonyl (C=O) groups excluding carboxylic acids is 1. The summed E-state index contributed by atoms with van der Waals surface area (Å²) in [4.78, 5) is 18.4. The van der Waals surface area contributed by atoms with Crippen molar-refractivity contribution in [3.05, 3.63) is 81.2 Å². The first kappa shape index (κ1) is 22.0. The molecule has 2 aromatic carbocycles. The topological polar surface area (TPSA) is 63.4 Å². The average Bonchev–Trinajstić information content (AvgIpc) is 3.42. The molecule has 0 saturated heterocycles. The van der Waals surface area contributed by atoms with Gasteiger partial charge in [-0.3, -0.25) is 4.79 Å². The number of para-hydroxylation sites is 2. The van der Waals surface area contributed by atoms with Crippen molar-refractivity contribution < 1.29 is 14.3 Å². The number of benzene rings is 2. The van der Waals surface area contributed by atoms with Gasteiger partial charge in [0.15, 0.2) is 11.5 Å². The van der Waals surface area contributed by atoms with Gasteiger partial charge in [0, 0.05) is 40.0 Å². The number of thiophene rings is 1. The summed E-state index contributed by atoms with van der Waals surface area (Å²) in [6, 6.07) is 16.0. The van der Waals surface area contributed by atoms with Gasteiger partial charge in [0.05, 0.1) is 19.1 Å². The first-order valence-electron chi connectivity index (χ1n) is 10.7. The number of H-pyrrole nitrogens is 1. The predicted molar refractivity (Wildman–Crippen MR) is 130 cm³/mol. The maximum absolute atomic E-state index is 13.0. The highest BCUT2D eigenvalue weighted by molar-refractivity contribution is 7.14. The molecular formula is C26H28N2O3S. The van der Waals surface area contributed by atoms with E-state index in [0.717, 1.165) is 33.3 Å². The molecule has 32 heavy (non-hydrogen) atoms. The number of methoxy groups -OCH3 is 2. The van der Waals surface area contributed by atoms with E-state index in [1.807, 2.05) is 42.6 Å². The molecule has 0 aliphatic rings. The van der Waals surface area contributed by atoms with Crippen molar-refractivity contribution in [1.29, 1.82) is 0 Å². The SMILES string of the molecule is CCc1sc(C(=O)NCC(c2cccc(OC)c2OC)c2c[nH]c3ccccc23)cc1C. The number of nitrogens with one attached hydrogen (secondary N) is 2. The van der Waals surface area contributed by atoms with Crippen LogP contribution in [0, 0.1) is 6.92 Å². The number of carbonyl (C=O) groups is 1. The normalized spacial score (nSPS) is 12.0. The van der Waals surface area contributed by atoms with Gasteiger partial charge in [0.2, 0.25) is 0 Å². The van der Waals surface area contributed by atoms with Crippen LogP contribution >= 0.6 is 11.3 Å². The first-order chi connectivity index (χ1) is 15.6. The van der Waals surface area contributed by atoms with Crippen LogP contribution in [0.2, 0.25) is 0 Å². The third-order valence-electron chi connectivity index (χ3n) is 5.84. The van der Waals surface area contributed by atoms with E-state index in [0.29, 0.717) is 18.0 Å². The smallest absolute Gasteiger partial charge is 0.261 e. The predicted octanol–water partition coefficient (Wildman–Crippen LogP) is 5.68. The van der Waals surface area contributed by atoms with E-state index in [-0.39, 0.29) is 11.8 Å². The van der Waals surface area contributed by atoms with E-state index in [2.05, 4.69) is 36.3 Å². The quantitative estimate of drug-likeness (QED) is 0.365. The standard InChI is InChI=1S/C26H28N2O3S/c1-5-23-16(2)13-24(32-23)26(29)28-15-20(18-10-8-12-22(30-3)25(18)31-4)19-14-27-21-11-7-6-9-17(19)21/h6-14,20,27H,5,15H2,1-4H3,(H,28,29). The zero-order valence-corrected chi connectivity index (χ0v) is 19.6. The zero-order valence-electron chi connectivity index (χ0n) is 18.8. The van der Waals surface area contributed by atoms with Gasteiger partial charge < -0.3 is 19.8 Å². The number of hydrogen-bond donors (Lipinski definition) is 2. The third kappa shape index (κ3) is 4.10. The number of hydrogen-bond acceptors (Lipinski definition) is 4. The summed E-state index contributed by atoms with van der Waals surface area (Å²) in [5.41, 5.74) is 4.30. The minimum atomic E-state index is -0.119. The lowest BCUT2D eigenvalue weighted by Gasteiger charge is -2.22. The summed E-state index contributed by atoms with van der Waals surface area (Å²) in [6.07, 6.45) is 2.95. The second kappa shape index (κ2) is 9.49. The van der Waals surface area contributed by atoms with E-state index < -0.39 is 0 Å². The Labute approximate surface area is 192 Å². The third-order valence-corrected chi connectivity index (χ3v) is 7.22. The summed E-state index contributed by atoms with van der Waals surface area (Å²) < 4.78 is 11.3. The molecule has 0 fully saturated rings. The molecule has 2 N–H and O–H groups in total. The number of amides is 1. The Hall–Kier alpha value is -3.25. The first-order valence-corrected chi connectivity index (χ1v) is 11.5. The van der Waals surface area contributed by atoms with Crippen molar-refractivity contribution in [2.75, 3.05) is 20.8 Å². The van der Waals surface area contributed by atoms with Crippen molar-refractivity contribution in [2.45, 2.75) is 26.2 Å². The molecule has 0 radical (unpaired) electrons. The van der Waals surface area contributed by atoms with Gasteiger partial charge >= 0.3 is 0 Å². The monoisotopic (exact) mass is 448 g/mol. The van der Waals surface area contributed by atoms with E-state index in [4.69, 9.17) is 9.47 Å². The summed E-state index contributed by atoms with van der Waals surface area (Å²) >= 11 is 1.57. The highest BCUT2D eigenvalue weighted by Gasteiger charge is 2.24. The molecule has 2 heterocycles. The van der Waals surface area contributed by atoms with Crippen molar-refractivity contribution in [1.82, 2.24) is 10.3 Å². The molecule has 1 unspecified atom stereocenters. The number of rotatable bonds is 8. The molecule has 0 aliphatic carbocycles. The molecule has 4 aromatic rings. The number of aromatic amines is 1. The van der Waals surface area contributed by atoms with Gasteiger partial charge in [-0.25, -0.2) is 0 Å². The largest absolute Gasteiger partial charge is 0.493 e.